The molecule has 0 aliphatic carbocycles. The van der Waals surface area contributed by atoms with Crippen LogP contribution in [0.3, 0.4) is 0 Å². The summed E-state index contributed by atoms with van der Waals surface area (Å²) in [6.07, 6.45) is -3.39. The number of alkyl halides is 3. The highest BCUT2D eigenvalue weighted by molar-refractivity contribution is 6.30. The summed E-state index contributed by atoms with van der Waals surface area (Å²) < 4.78 is 55.3. The number of nitrogens with zero attached hydrogens (tertiary/aromatic N) is 3. The van der Waals surface area contributed by atoms with Crippen LogP contribution >= 0.6 is 11.6 Å². The number of benzene rings is 2. The van der Waals surface area contributed by atoms with Crippen LogP contribution in [0.4, 0.5) is 17.6 Å². The summed E-state index contributed by atoms with van der Waals surface area (Å²) in [6, 6.07) is 11.4. The van der Waals surface area contributed by atoms with Gasteiger partial charge in [-0.15, -0.1) is 0 Å². The lowest BCUT2D eigenvalue weighted by molar-refractivity contribution is -0.140. The average molecular weight is 523 g/mol. The summed E-state index contributed by atoms with van der Waals surface area (Å²) in [7, 11) is 1.58. The summed E-state index contributed by atoms with van der Waals surface area (Å²) in [5, 5.41) is 3.08. The van der Waals surface area contributed by atoms with Gasteiger partial charge in [0.1, 0.15) is 17.7 Å². The molecule has 5 nitrogen and oxygen atoms in total. The van der Waals surface area contributed by atoms with Gasteiger partial charge < -0.3 is 9.88 Å². The lowest BCUT2D eigenvalue weighted by Crippen LogP contribution is -2.46. The number of rotatable bonds is 7. The van der Waals surface area contributed by atoms with Crippen LogP contribution in [0.5, 0.6) is 0 Å². The van der Waals surface area contributed by atoms with Gasteiger partial charge in [-0.05, 0) is 36.1 Å². The summed E-state index contributed by atoms with van der Waals surface area (Å²) in [5.41, 5.74) is 0.711. The van der Waals surface area contributed by atoms with Gasteiger partial charge in [0.25, 0.3) is 0 Å². The van der Waals surface area contributed by atoms with Crippen LogP contribution in [-0.2, 0) is 30.4 Å². The monoisotopic (exact) mass is 522 g/mol. The van der Waals surface area contributed by atoms with E-state index >= 15 is 0 Å². The molecule has 2 atom stereocenters. The van der Waals surface area contributed by atoms with Crippen molar-refractivity contribution in [2.75, 3.05) is 13.6 Å². The second kappa shape index (κ2) is 10.6. The van der Waals surface area contributed by atoms with Crippen LogP contribution in [0.25, 0.3) is 0 Å². The van der Waals surface area contributed by atoms with E-state index < -0.39 is 23.6 Å². The smallest absolute Gasteiger partial charge is 0.358 e. The number of hydrogen-bond donors (Lipinski definition) is 1. The largest absolute Gasteiger partial charge is 0.419 e. The van der Waals surface area contributed by atoms with Crippen molar-refractivity contribution in [2.24, 2.45) is 0 Å². The highest BCUT2D eigenvalue weighted by Gasteiger charge is 2.39. The van der Waals surface area contributed by atoms with Crippen LogP contribution in [0.2, 0.25) is 5.15 Å². The van der Waals surface area contributed by atoms with Crippen molar-refractivity contribution in [2.45, 2.75) is 51.0 Å². The van der Waals surface area contributed by atoms with Gasteiger partial charge in [0.05, 0.1) is 17.3 Å². The van der Waals surface area contributed by atoms with Gasteiger partial charge in [0, 0.05) is 26.6 Å². The number of imidazole rings is 1. The molecular weight excluding hydrogens is 496 g/mol. The molecule has 0 spiro atoms. The Morgan fingerprint density at radius 2 is 1.92 bits per heavy atom. The summed E-state index contributed by atoms with van der Waals surface area (Å²) in [5.74, 6) is -0.660. The maximum absolute atomic E-state index is 14.2. The van der Waals surface area contributed by atoms with E-state index in [2.05, 4.69) is 19.8 Å². The van der Waals surface area contributed by atoms with Gasteiger partial charge in [-0.3, -0.25) is 9.69 Å². The molecule has 0 saturated carbocycles. The molecule has 1 aliphatic heterocycles. The Labute approximate surface area is 212 Å². The molecule has 1 aromatic heterocycles. The third-order valence-electron chi connectivity index (χ3n) is 6.64. The first-order valence-corrected chi connectivity index (χ1v) is 12.2. The van der Waals surface area contributed by atoms with E-state index in [0.29, 0.717) is 36.6 Å². The SMILES string of the molecule is CCc1nc(Cl)c2n1CCN([C@@H](C(=O)NC)c1ccccc1)[C@H]2CCc1ccc(C(F)(F)F)c(F)c1. The molecule has 0 fully saturated rings. The number of amides is 1. The molecular formula is C26H27ClF4N4O. The number of hydrogen-bond acceptors (Lipinski definition) is 3. The maximum atomic E-state index is 14.2. The Kier molecular flexibility index (Phi) is 7.70. The van der Waals surface area contributed by atoms with Gasteiger partial charge in [-0.25, -0.2) is 9.37 Å². The molecule has 0 bridgehead atoms. The topological polar surface area (TPSA) is 50.2 Å². The number of carbonyl (C=O) groups is 1. The van der Waals surface area contributed by atoms with Crippen molar-refractivity contribution in [3.05, 3.63) is 87.7 Å². The number of aromatic nitrogens is 2. The summed E-state index contributed by atoms with van der Waals surface area (Å²) in [6.45, 7) is 3.10. The third kappa shape index (κ3) is 5.13. The molecule has 0 saturated heterocycles. The molecule has 1 N–H and O–H groups in total. The Morgan fingerprint density at radius 1 is 1.19 bits per heavy atom. The van der Waals surface area contributed by atoms with Gasteiger partial charge in [-0.2, -0.15) is 13.2 Å². The van der Waals surface area contributed by atoms with Crippen molar-refractivity contribution >= 4 is 17.5 Å². The molecule has 36 heavy (non-hydrogen) atoms. The number of aryl methyl sites for hydroxylation is 2. The Bertz CT molecular complexity index is 1230. The van der Waals surface area contributed by atoms with Crippen molar-refractivity contribution in [1.82, 2.24) is 19.8 Å². The minimum Gasteiger partial charge on any atom is -0.358 e. The Balaban J connectivity index is 1.72. The first kappa shape index (κ1) is 26.2. The standard InChI is InChI=1S/C26H27ClF4N4O/c1-3-21-33-24(27)23-20(12-10-16-9-11-18(19(28)15-16)26(29,30)31)34(13-14-35(21)23)22(25(36)32-2)17-7-5-4-6-8-17/h4-9,11,15,20,22H,3,10,12-14H2,1-2H3,(H,32,36)/t20-,22+/m0/s1. The molecule has 192 valence electrons. The zero-order valence-corrected chi connectivity index (χ0v) is 20.7. The van der Waals surface area contributed by atoms with Crippen LogP contribution < -0.4 is 5.32 Å². The molecule has 2 aromatic carbocycles. The van der Waals surface area contributed by atoms with Gasteiger partial charge in [0.2, 0.25) is 5.91 Å². The van der Waals surface area contributed by atoms with E-state index in [1.54, 1.807) is 7.05 Å². The second-order valence-electron chi connectivity index (χ2n) is 8.74. The first-order valence-electron chi connectivity index (χ1n) is 11.8. The molecule has 1 aliphatic rings. The van der Waals surface area contributed by atoms with E-state index in [0.717, 1.165) is 29.2 Å². The first-order chi connectivity index (χ1) is 17.2. The highest BCUT2D eigenvalue weighted by Crippen LogP contribution is 2.41. The molecule has 0 unspecified atom stereocenters. The van der Waals surface area contributed by atoms with E-state index in [1.807, 2.05) is 37.3 Å². The number of nitrogens with one attached hydrogen (secondary N) is 1. The number of carbonyl (C=O) groups excluding carboxylic acids is 1. The number of halogens is 5. The number of fused-ring (bicyclic) bond motifs is 1. The third-order valence-corrected chi connectivity index (χ3v) is 6.92. The minimum absolute atomic E-state index is 0.188. The molecule has 0 radical (unpaired) electrons. The lowest BCUT2D eigenvalue weighted by atomic mass is 9.95. The van der Waals surface area contributed by atoms with Gasteiger partial charge in [0.15, 0.2) is 5.15 Å². The normalized spacial score (nSPS) is 17.0. The maximum Gasteiger partial charge on any atom is 0.419 e. The molecule has 3 aromatic rings. The molecule has 4 rings (SSSR count). The zero-order chi connectivity index (χ0) is 26.0. The molecule has 10 heteroatoms. The predicted octanol–water partition coefficient (Wildman–Crippen LogP) is 5.73. The van der Waals surface area contributed by atoms with Crippen LogP contribution in [-0.4, -0.2) is 34.0 Å². The fourth-order valence-corrected chi connectivity index (χ4v) is 5.30. The second-order valence-corrected chi connectivity index (χ2v) is 9.10. The van der Waals surface area contributed by atoms with E-state index in [4.69, 9.17) is 11.6 Å². The summed E-state index contributed by atoms with van der Waals surface area (Å²) in [4.78, 5) is 19.7. The highest BCUT2D eigenvalue weighted by atomic mass is 35.5. The van der Waals surface area contributed by atoms with Crippen molar-refractivity contribution in [3.63, 3.8) is 0 Å². The molecule has 2 heterocycles. The van der Waals surface area contributed by atoms with Crippen LogP contribution in [0.1, 0.15) is 53.6 Å². The van der Waals surface area contributed by atoms with E-state index in [-0.39, 0.29) is 18.4 Å². The van der Waals surface area contributed by atoms with E-state index in [1.165, 1.54) is 6.07 Å². The Morgan fingerprint density at radius 3 is 2.53 bits per heavy atom. The summed E-state index contributed by atoms with van der Waals surface area (Å²) >= 11 is 6.60. The van der Waals surface area contributed by atoms with Gasteiger partial charge in [-0.1, -0.05) is 54.9 Å². The zero-order valence-electron chi connectivity index (χ0n) is 19.9. The van der Waals surface area contributed by atoms with Crippen LogP contribution in [0, 0.1) is 5.82 Å². The van der Waals surface area contributed by atoms with Crippen molar-refractivity contribution in [3.8, 4) is 0 Å². The van der Waals surface area contributed by atoms with Crippen molar-refractivity contribution in [1.29, 1.82) is 0 Å². The fourth-order valence-electron chi connectivity index (χ4n) is 4.97. The average Bonchev–Trinajstić information content (AvgIpc) is 3.18. The quantitative estimate of drug-likeness (QED) is 0.403. The van der Waals surface area contributed by atoms with Crippen molar-refractivity contribution < 1.29 is 22.4 Å². The predicted molar refractivity (Wildman–Crippen MR) is 129 cm³/mol. The van der Waals surface area contributed by atoms with Crippen LogP contribution in [0.15, 0.2) is 48.5 Å². The fraction of sp³-hybridized carbons (Fsp3) is 0.385. The molecule has 1 amide bonds. The van der Waals surface area contributed by atoms with E-state index in [9.17, 15) is 22.4 Å². The number of likely N-dealkylation sites (N-methyl/N-ethyl adjacent to an activating group) is 1. The van der Waals surface area contributed by atoms with Gasteiger partial charge >= 0.3 is 6.18 Å². The Hall–Kier alpha value is -2.91. The minimum atomic E-state index is -4.75. The lowest BCUT2D eigenvalue weighted by Gasteiger charge is -2.41.